The topological polar surface area (TPSA) is 65.4 Å². The van der Waals surface area contributed by atoms with E-state index in [1.165, 1.54) is 0 Å². The van der Waals surface area contributed by atoms with Gasteiger partial charge >= 0.3 is 0 Å². The molecule has 0 spiro atoms. The number of guanidine groups is 1. The molecule has 0 amide bonds. The van der Waals surface area contributed by atoms with Crippen molar-refractivity contribution in [2.75, 3.05) is 20.1 Å². The molecular formula is C16H28N6. The second-order valence-electron chi connectivity index (χ2n) is 6.30. The fourth-order valence-corrected chi connectivity index (χ4v) is 2.76. The smallest absolute Gasteiger partial charge is 0.191 e. The monoisotopic (exact) mass is 304 g/mol. The summed E-state index contributed by atoms with van der Waals surface area (Å²) < 4.78 is 0. The molecule has 1 aliphatic heterocycles. The molecule has 2 heterocycles. The Labute approximate surface area is 133 Å². The van der Waals surface area contributed by atoms with Crippen LogP contribution in [0.1, 0.15) is 32.3 Å². The molecule has 6 heteroatoms. The van der Waals surface area contributed by atoms with E-state index < -0.39 is 0 Å². The maximum absolute atomic E-state index is 4.40. The van der Waals surface area contributed by atoms with Crippen molar-refractivity contribution in [1.29, 1.82) is 0 Å². The van der Waals surface area contributed by atoms with Crippen LogP contribution in [0, 0.1) is 12.8 Å². The zero-order chi connectivity index (χ0) is 16.1. The van der Waals surface area contributed by atoms with E-state index in [2.05, 4.69) is 51.3 Å². The van der Waals surface area contributed by atoms with Crippen LogP contribution in [-0.4, -0.2) is 53.0 Å². The van der Waals surface area contributed by atoms with Crippen molar-refractivity contribution in [2.24, 2.45) is 10.9 Å². The lowest BCUT2D eigenvalue weighted by atomic mass is 10.1. The number of likely N-dealkylation sites (tertiary alicyclic amines) is 1. The quantitative estimate of drug-likeness (QED) is 0.646. The molecule has 1 aromatic heterocycles. The minimum absolute atomic E-state index is 0.431. The molecule has 1 aromatic rings. The summed E-state index contributed by atoms with van der Waals surface area (Å²) in [6.45, 7) is 11.5. The molecule has 122 valence electrons. The Hall–Kier alpha value is -1.69. The lowest BCUT2D eigenvalue weighted by Gasteiger charge is -2.21. The van der Waals surface area contributed by atoms with Gasteiger partial charge in [0, 0.05) is 38.4 Å². The Morgan fingerprint density at radius 3 is 2.82 bits per heavy atom. The summed E-state index contributed by atoms with van der Waals surface area (Å²) in [7, 11) is 1.81. The molecule has 0 saturated carbocycles. The van der Waals surface area contributed by atoms with Gasteiger partial charge in [0.05, 0.1) is 12.2 Å². The fraction of sp³-hybridized carbons (Fsp3) is 0.688. The number of aryl methyl sites for hydroxylation is 1. The van der Waals surface area contributed by atoms with Gasteiger partial charge in [-0.05, 0) is 32.8 Å². The SMILES string of the molecule is CN=C(NCc1ccnc(C)n1)NC1CN(C(C)C)CC1C. The number of aromatic nitrogens is 2. The van der Waals surface area contributed by atoms with Gasteiger partial charge in [-0.3, -0.25) is 9.89 Å². The standard InChI is InChI=1S/C16H28N6/c1-11(2)22-9-12(3)15(10-22)21-16(17-5)19-8-14-6-7-18-13(4)20-14/h6-7,11-12,15H,8-10H2,1-5H3,(H2,17,19,21). The Morgan fingerprint density at radius 1 is 1.45 bits per heavy atom. The van der Waals surface area contributed by atoms with Gasteiger partial charge in [-0.25, -0.2) is 9.97 Å². The van der Waals surface area contributed by atoms with Crippen molar-refractivity contribution < 1.29 is 0 Å². The summed E-state index contributed by atoms with van der Waals surface area (Å²) in [5.74, 6) is 2.24. The van der Waals surface area contributed by atoms with Gasteiger partial charge in [-0.15, -0.1) is 0 Å². The number of hydrogen-bond donors (Lipinski definition) is 2. The number of aliphatic imine (C=N–C) groups is 1. The molecule has 0 bridgehead atoms. The van der Waals surface area contributed by atoms with E-state index in [0.717, 1.165) is 30.6 Å². The Morgan fingerprint density at radius 2 is 2.23 bits per heavy atom. The molecule has 1 saturated heterocycles. The van der Waals surface area contributed by atoms with E-state index in [1.807, 2.05) is 13.0 Å². The van der Waals surface area contributed by atoms with Gasteiger partial charge in [0.1, 0.15) is 5.82 Å². The highest BCUT2D eigenvalue weighted by Gasteiger charge is 2.31. The largest absolute Gasteiger partial charge is 0.352 e. The molecule has 0 aliphatic carbocycles. The number of nitrogens with zero attached hydrogens (tertiary/aromatic N) is 4. The molecule has 2 rings (SSSR count). The van der Waals surface area contributed by atoms with Crippen molar-refractivity contribution in [3.05, 3.63) is 23.8 Å². The lowest BCUT2D eigenvalue weighted by molar-refractivity contribution is 0.265. The second kappa shape index (κ2) is 7.54. The van der Waals surface area contributed by atoms with Crippen LogP contribution in [0.4, 0.5) is 0 Å². The summed E-state index contributed by atoms with van der Waals surface area (Å²) in [4.78, 5) is 15.3. The zero-order valence-electron chi connectivity index (χ0n) is 14.3. The van der Waals surface area contributed by atoms with E-state index in [-0.39, 0.29) is 0 Å². The first-order valence-corrected chi connectivity index (χ1v) is 7.99. The van der Waals surface area contributed by atoms with Crippen LogP contribution in [0.5, 0.6) is 0 Å². The third-order valence-corrected chi connectivity index (χ3v) is 4.19. The van der Waals surface area contributed by atoms with Gasteiger partial charge in [0.25, 0.3) is 0 Å². The average Bonchev–Trinajstić information content (AvgIpc) is 2.85. The summed E-state index contributed by atoms with van der Waals surface area (Å²) in [5, 5.41) is 6.87. The Bertz CT molecular complexity index is 513. The highest BCUT2D eigenvalue weighted by molar-refractivity contribution is 5.80. The summed E-state index contributed by atoms with van der Waals surface area (Å²) in [5.41, 5.74) is 0.971. The number of nitrogens with one attached hydrogen (secondary N) is 2. The predicted molar refractivity (Wildman–Crippen MR) is 89.8 cm³/mol. The second-order valence-corrected chi connectivity index (χ2v) is 6.30. The van der Waals surface area contributed by atoms with Gasteiger partial charge in [0.2, 0.25) is 0 Å². The first kappa shape index (κ1) is 16.7. The van der Waals surface area contributed by atoms with Crippen LogP contribution in [0.15, 0.2) is 17.3 Å². The average molecular weight is 304 g/mol. The third kappa shape index (κ3) is 4.40. The molecule has 2 atom stereocenters. The molecule has 2 N–H and O–H groups in total. The van der Waals surface area contributed by atoms with Crippen molar-refractivity contribution >= 4 is 5.96 Å². The molecule has 0 radical (unpaired) electrons. The third-order valence-electron chi connectivity index (χ3n) is 4.19. The van der Waals surface area contributed by atoms with Gasteiger partial charge in [0.15, 0.2) is 5.96 Å². The van der Waals surface area contributed by atoms with Crippen LogP contribution in [0.25, 0.3) is 0 Å². The summed E-state index contributed by atoms with van der Waals surface area (Å²) in [6.07, 6.45) is 1.79. The highest BCUT2D eigenvalue weighted by atomic mass is 15.3. The van der Waals surface area contributed by atoms with Gasteiger partial charge in [-0.1, -0.05) is 6.92 Å². The fourth-order valence-electron chi connectivity index (χ4n) is 2.76. The van der Waals surface area contributed by atoms with Crippen molar-refractivity contribution in [3.63, 3.8) is 0 Å². The minimum Gasteiger partial charge on any atom is -0.352 e. The van der Waals surface area contributed by atoms with E-state index >= 15 is 0 Å². The predicted octanol–water partition coefficient (Wildman–Crippen LogP) is 1.18. The molecule has 0 aromatic carbocycles. The number of hydrogen-bond acceptors (Lipinski definition) is 4. The zero-order valence-corrected chi connectivity index (χ0v) is 14.3. The maximum Gasteiger partial charge on any atom is 0.191 e. The molecule has 1 aliphatic rings. The van der Waals surface area contributed by atoms with Gasteiger partial charge < -0.3 is 10.6 Å². The molecule has 2 unspecified atom stereocenters. The van der Waals surface area contributed by atoms with Crippen LogP contribution in [0.2, 0.25) is 0 Å². The molecule has 6 nitrogen and oxygen atoms in total. The van der Waals surface area contributed by atoms with E-state index in [0.29, 0.717) is 24.5 Å². The first-order chi connectivity index (χ1) is 10.5. The van der Waals surface area contributed by atoms with Crippen molar-refractivity contribution in [2.45, 2.75) is 46.3 Å². The van der Waals surface area contributed by atoms with Gasteiger partial charge in [-0.2, -0.15) is 0 Å². The molecule has 1 fully saturated rings. The van der Waals surface area contributed by atoms with E-state index in [4.69, 9.17) is 0 Å². The lowest BCUT2D eigenvalue weighted by Crippen LogP contribution is -2.46. The number of rotatable bonds is 4. The molecular weight excluding hydrogens is 276 g/mol. The molecule has 22 heavy (non-hydrogen) atoms. The minimum atomic E-state index is 0.431. The van der Waals surface area contributed by atoms with Crippen LogP contribution in [-0.2, 0) is 6.54 Å². The van der Waals surface area contributed by atoms with Crippen LogP contribution >= 0.6 is 0 Å². The van der Waals surface area contributed by atoms with E-state index in [9.17, 15) is 0 Å². The Kier molecular flexibility index (Phi) is 5.71. The van der Waals surface area contributed by atoms with Crippen LogP contribution in [0.3, 0.4) is 0 Å². The maximum atomic E-state index is 4.40. The summed E-state index contributed by atoms with van der Waals surface area (Å²) in [6, 6.07) is 2.94. The van der Waals surface area contributed by atoms with E-state index in [1.54, 1.807) is 13.2 Å². The van der Waals surface area contributed by atoms with Crippen molar-refractivity contribution in [1.82, 2.24) is 25.5 Å². The summed E-state index contributed by atoms with van der Waals surface area (Å²) >= 11 is 0. The first-order valence-electron chi connectivity index (χ1n) is 7.99. The van der Waals surface area contributed by atoms with Crippen LogP contribution < -0.4 is 10.6 Å². The highest BCUT2D eigenvalue weighted by Crippen LogP contribution is 2.18. The van der Waals surface area contributed by atoms with Crippen molar-refractivity contribution in [3.8, 4) is 0 Å². The Balaban J connectivity index is 1.88. The normalized spacial score (nSPS) is 23.1.